The molecule has 0 fully saturated rings. The summed E-state index contributed by atoms with van der Waals surface area (Å²) in [5.41, 5.74) is 10.3. The van der Waals surface area contributed by atoms with E-state index < -0.39 is 0 Å². The lowest BCUT2D eigenvalue weighted by molar-refractivity contribution is -0.428. The fourth-order valence-electron chi connectivity index (χ4n) is 2.25. The molecule has 0 aliphatic carbocycles. The SMILES string of the molecule is Cc1ccc([N+](C)=O)cc1Nc1nccc(-c2cnccc2N)n1. The molecule has 3 N–H and O–H groups in total. The van der Waals surface area contributed by atoms with Crippen molar-refractivity contribution >= 4 is 23.0 Å². The molecule has 7 heteroatoms. The number of nitrogens with zero attached hydrogens (tertiary/aromatic N) is 4. The van der Waals surface area contributed by atoms with Crippen LogP contribution in [0.3, 0.4) is 0 Å². The van der Waals surface area contributed by atoms with Crippen molar-refractivity contribution in [1.29, 1.82) is 0 Å². The summed E-state index contributed by atoms with van der Waals surface area (Å²) in [7, 11) is 1.46. The largest absolute Gasteiger partial charge is 0.398 e. The van der Waals surface area contributed by atoms with Crippen molar-refractivity contribution in [2.75, 3.05) is 18.1 Å². The number of aryl methyl sites for hydroxylation is 1. The van der Waals surface area contributed by atoms with Gasteiger partial charge in [0.1, 0.15) is 0 Å². The first kappa shape index (κ1) is 15.5. The summed E-state index contributed by atoms with van der Waals surface area (Å²) < 4.78 is 0.804. The maximum atomic E-state index is 11.5. The first-order valence-corrected chi connectivity index (χ1v) is 7.36. The molecule has 0 spiro atoms. The lowest BCUT2D eigenvalue weighted by Gasteiger charge is -2.09. The van der Waals surface area contributed by atoms with Gasteiger partial charge in [-0.1, -0.05) is 6.07 Å². The van der Waals surface area contributed by atoms with E-state index in [4.69, 9.17) is 5.73 Å². The van der Waals surface area contributed by atoms with E-state index in [-0.39, 0.29) is 0 Å². The molecule has 0 aliphatic rings. The smallest absolute Gasteiger partial charge is 0.257 e. The molecule has 0 saturated heterocycles. The van der Waals surface area contributed by atoms with Gasteiger partial charge in [-0.05, 0) is 24.6 Å². The number of anilines is 3. The van der Waals surface area contributed by atoms with E-state index in [1.165, 1.54) is 7.05 Å². The predicted molar refractivity (Wildman–Crippen MR) is 93.3 cm³/mol. The van der Waals surface area contributed by atoms with Gasteiger partial charge in [0.25, 0.3) is 5.69 Å². The molecule has 24 heavy (non-hydrogen) atoms. The van der Waals surface area contributed by atoms with Gasteiger partial charge >= 0.3 is 0 Å². The van der Waals surface area contributed by atoms with E-state index in [9.17, 15) is 4.91 Å². The third-order valence-electron chi connectivity index (χ3n) is 3.62. The monoisotopic (exact) mass is 321 g/mol. The zero-order valence-electron chi connectivity index (χ0n) is 13.4. The number of hydrogen-bond acceptors (Lipinski definition) is 6. The van der Waals surface area contributed by atoms with Crippen molar-refractivity contribution in [2.24, 2.45) is 0 Å². The standard InChI is InChI=1S/C17H17N6O/c1-11-3-4-12(23(2)24)9-16(11)22-17-20-8-6-15(21-17)13-10-19-7-5-14(13)18/h3-10H,1-2H3,(H2,18,19)(H,20,21,22)/q+1. The van der Waals surface area contributed by atoms with Gasteiger partial charge in [-0.25, -0.2) is 9.97 Å². The zero-order chi connectivity index (χ0) is 17.1. The fourth-order valence-corrected chi connectivity index (χ4v) is 2.25. The maximum absolute atomic E-state index is 11.5. The van der Waals surface area contributed by atoms with Crippen LogP contribution in [0.2, 0.25) is 0 Å². The van der Waals surface area contributed by atoms with E-state index in [2.05, 4.69) is 20.3 Å². The van der Waals surface area contributed by atoms with Crippen molar-refractivity contribution < 1.29 is 4.76 Å². The van der Waals surface area contributed by atoms with Gasteiger partial charge in [0.15, 0.2) is 7.05 Å². The van der Waals surface area contributed by atoms with Crippen molar-refractivity contribution in [3.8, 4) is 11.3 Å². The van der Waals surface area contributed by atoms with Gasteiger partial charge in [0, 0.05) is 51.6 Å². The second-order valence-corrected chi connectivity index (χ2v) is 5.35. The highest BCUT2D eigenvalue weighted by molar-refractivity contribution is 5.73. The lowest BCUT2D eigenvalue weighted by atomic mass is 10.1. The van der Waals surface area contributed by atoms with E-state index in [0.29, 0.717) is 23.0 Å². The molecular weight excluding hydrogens is 304 g/mol. The third kappa shape index (κ3) is 3.19. The molecule has 0 radical (unpaired) electrons. The van der Waals surface area contributed by atoms with Crippen molar-refractivity contribution in [3.05, 3.63) is 59.4 Å². The Labute approximate surface area is 139 Å². The molecule has 2 heterocycles. The van der Waals surface area contributed by atoms with E-state index in [1.54, 1.807) is 42.9 Å². The second-order valence-electron chi connectivity index (χ2n) is 5.35. The number of benzene rings is 1. The second kappa shape index (κ2) is 6.41. The molecule has 3 rings (SSSR count). The Kier molecular flexibility index (Phi) is 4.15. The number of nitrogen functional groups attached to an aromatic ring is 1. The molecule has 120 valence electrons. The van der Waals surface area contributed by atoms with Crippen molar-refractivity contribution in [2.45, 2.75) is 6.92 Å². The Balaban J connectivity index is 1.95. The fraction of sp³-hybridized carbons (Fsp3) is 0.118. The molecule has 0 saturated carbocycles. The van der Waals surface area contributed by atoms with Crippen LogP contribution < -0.4 is 11.1 Å². The van der Waals surface area contributed by atoms with Crippen molar-refractivity contribution in [1.82, 2.24) is 15.0 Å². The van der Waals surface area contributed by atoms with Gasteiger partial charge in [-0.3, -0.25) is 4.98 Å². The number of hydrogen-bond donors (Lipinski definition) is 2. The van der Waals surface area contributed by atoms with E-state index in [1.807, 2.05) is 13.0 Å². The topological polar surface area (TPSA) is 96.8 Å². The summed E-state index contributed by atoms with van der Waals surface area (Å²) in [5, 5.41) is 3.15. The molecular formula is C17H17N6O+. The van der Waals surface area contributed by atoms with Crippen LogP contribution in [0.25, 0.3) is 11.3 Å². The average Bonchev–Trinajstić information content (AvgIpc) is 2.57. The average molecular weight is 321 g/mol. The number of aromatic nitrogens is 3. The summed E-state index contributed by atoms with van der Waals surface area (Å²) in [6.45, 7) is 1.94. The van der Waals surface area contributed by atoms with Crippen LogP contribution in [0.1, 0.15) is 5.56 Å². The molecule has 1 aromatic carbocycles. The van der Waals surface area contributed by atoms with Crippen LogP contribution in [-0.4, -0.2) is 26.8 Å². The number of rotatable bonds is 4. The molecule has 0 bridgehead atoms. The molecule has 3 aromatic rings. The highest BCUT2D eigenvalue weighted by atomic mass is 16.3. The van der Waals surface area contributed by atoms with Crippen LogP contribution >= 0.6 is 0 Å². The third-order valence-corrected chi connectivity index (χ3v) is 3.62. The molecule has 0 amide bonds. The number of nitroso groups, excluding NO2 is 1. The Hall–Kier alpha value is -3.35. The van der Waals surface area contributed by atoms with Crippen LogP contribution in [0.5, 0.6) is 0 Å². The summed E-state index contributed by atoms with van der Waals surface area (Å²) in [4.78, 5) is 24.3. The minimum absolute atomic E-state index is 0.421. The highest BCUT2D eigenvalue weighted by Gasteiger charge is 2.11. The number of nitrogens with two attached hydrogens (primary N) is 1. The van der Waals surface area contributed by atoms with Gasteiger partial charge in [0.05, 0.1) is 11.4 Å². The minimum atomic E-state index is 0.421. The normalized spacial score (nSPS) is 10.4. The van der Waals surface area contributed by atoms with Crippen molar-refractivity contribution in [3.63, 3.8) is 0 Å². The maximum Gasteiger partial charge on any atom is 0.257 e. The molecule has 2 aromatic heterocycles. The first-order chi connectivity index (χ1) is 11.5. The van der Waals surface area contributed by atoms with Gasteiger partial charge < -0.3 is 11.1 Å². The van der Waals surface area contributed by atoms with E-state index >= 15 is 0 Å². The zero-order valence-corrected chi connectivity index (χ0v) is 13.4. The number of nitrogens with one attached hydrogen (secondary N) is 1. The Bertz CT molecular complexity index is 909. The van der Waals surface area contributed by atoms with Gasteiger partial charge in [-0.15, -0.1) is 0 Å². The van der Waals surface area contributed by atoms with E-state index in [0.717, 1.165) is 21.6 Å². The quantitative estimate of drug-likeness (QED) is 0.716. The highest BCUT2D eigenvalue weighted by Crippen LogP contribution is 2.26. The van der Waals surface area contributed by atoms with Crippen LogP contribution in [0.4, 0.5) is 23.0 Å². The molecule has 7 nitrogen and oxygen atoms in total. The minimum Gasteiger partial charge on any atom is -0.398 e. The van der Waals surface area contributed by atoms with Crippen LogP contribution in [0.15, 0.2) is 48.9 Å². The molecule has 0 atom stereocenters. The molecule has 0 unspecified atom stereocenters. The Morgan fingerprint density at radius 3 is 2.75 bits per heavy atom. The van der Waals surface area contributed by atoms with Gasteiger partial charge in [-0.2, -0.15) is 0 Å². The Morgan fingerprint density at radius 1 is 1.17 bits per heavy atom. The Morgan fingerprint density at radius 2 is 2.00 bits per heavy atom. The lowest BCUT2D eigenvalue weighted by Crippen LogP contribution is -2.01. The van der Waals surface area contributed by atoms with Gasteiger partial charge in [0.2, 0.25) is 5.95 Å². The predicted octanol–water partition coefficient (Wildman–Crippen LogP) is 3.21. The summed E-state index contributed by atoms with van der Waals surface area (Å²) >= 11 is 0. The summed E-state index contributed by atoms with van der Waals surface area (Å²) in [6, 6.07) is 8.89. The first-order valence-electron chi connectivity index (χ1n) is 7.36. The molecule has 0 aliphatic heterocycles. The van der Waals surface area contributed by atoms with Crippen LogP contribution in [0, 0.1) is 11.8 Å². The number of pyridine rings is 1. The summed E-state index contributed by atoms with van der Waals surface area (Å²) in [6.07, 6.45) is 4.95. The van der Waals surface area contributed by atoms with Crippen LogP contribution in [-0.2, 0) is 0 Å². The summed E-state index contributed by atoms with van der Waals surface area (Å²) in [5.74, 6) is 0.421.